The van der Waals surface area contributed by atoms with Crippen LogP contribution in [0.15, 0.2) is 28.7 Å². The molecule has 0 radical (unpaired) electrons. The van der Waals surface area contributed by atoms with Gasteiger partial charge in [0.1, 0.15) is 0 Å². The van der Waals surface area contributed by atoms with Crippen LogP contribution in [-0.4, -0.2) is 37.1 Å². The minimum absolute atomic E-state index is 0.0883. The van der Waals surface area contributed by atoms with Crippen molar-refractivity contribution in [3.05, 3.63) is 28.7 Å². The summed E-state index contributed by atoms with van der Waals surface area (Å²) in [6.07, 6.45) is 0. The van der Waals surface area contributed by atoms with Gasteiger partial charge in [0.15, 0.2) is 14.9 Å². The smallest absolute Gasteiger partial charge is 0.174 e. The summed E-state index contributed by atoms with van der Waals surface area (Å²) in [6, 6.07) is 7.51. The zero-order valence-corrected chi connectivity index (χ0v) is 12.6. The van der Waals surface area contributed by atoms with Crippen LogP contribution in [0.1, 0.15) is 0 Å². The highest BCUT2D eigenvalue weighted by Gasteiger charge is 2.47. The number of hydrogen-bond donors (Lipinski definition) is 1. The van der Waals surface area contributed by atoms with Crippen LogP contribution in [0.5, 0.6) is 0 Å². The van der Waals surface area contributed by atoms with Gasteiger partial charge in [-0.2, -0.15) is 0 Å². The van der Waals surface area contributed by atoms with Crippen LogP contribution in [0, 0.1) is 0 Å². The molecule has 2 unspecified atom stereocenters. The van der Waals surface area contributed by atoms with Gasteiger partial charge in [-0.25, -0.2) is 8.42 Å². The number of benzene rings is 1. The molecule has 0 amide bonds. The number of fused-ring (bicyclic) bond motifs is 1. The van der Waals surface area contributed by atoms with Gasteiger partial charge in [-0.15, -0.1) is 0 Å². The second-order valence-corrected chi connectivity index (χ2v) is 7.92. The summed E-state index contributed by atoms with van der Waals surface area (Å²) in [5.41, 5.74) is 0.916. The molecule has 7 heteroatoms. The second-order valence-electron chi connectivity index (χ2n) is 4.52. The van der Waals surface area contributed by atoms with Crippen molar-refractivity contribution in [3.63, 3.8) is 0 Å². The van der Waals surface area contributed by atoms with Crippen LogP contribution < -0.4 is 10.2 Å². The molecule has 1 aromatic carbocycles. The third-order valence-electron chi connectivity index (χ3n) is 3.29. The number of nitrogens with one attached hydrogen (secondary N) is 1. The van der Waals surface area contributed by atoms with Crippen LogP contribution in [0.25, 0.3) is 0 Å². The molecule has 2 saturated heterocycles. The van der Waals surface area contributed by atoms with Gasteiger partial charge in [0.2, 0.25) is 0 Å². The molecule has 0 aliphatic carbocycles. The third-order valence-corrected chi connectivity index (χ3v) is 6.00. The second kappa shape index (κ2) is 4.18. The fourth-order valence-electron chi connectivity index (χ4n) is 2.54. The van der Waals surface area contributed by atoms with Crippen molar-refractivity contribution >= 4 is 48.8 Å². The van der Waals surface area contributed by atoms with Crippen molar-refractivity contribution in [2.45, 2.75) is 12.1 Å². The van der Waals surface area contributed by atoms with Gasteiger partial charge in [-0.3, -0.25) is 0 Å². The first-order valence-corrected chi connectivity index (χ1v) is 8.55. The van der Waals surface area contributed by atoms with E-state index in [1.54, 1.807) is 0 Å². The van der Waals surface area contributed by atoms with Crippen LogP contribution >= 0.6 is 28.1 Å². The maximum atomic E-state index is 11.7. The van der Waals surface area contributed by atoms with Crippen molar-refractivity contribution in [2.75, 3.05) is 16.4 Å². The van der Waals surface area contributed by atoms with E-state index in [0.29, 0.717) is 5.11 Å². The number of halogens is 1. The van der Waals surface area contributed by atoms with Gasteiger partial charge < -0.3 is 10.2 Å². The van der Waals surface area contributed by atoms with Gasteiger partial charge in [-0.05, 0) is 40.3 Å². The van der Waals surface area contributed by atoms with Crippen molar-refractivity contribution in [1.29, 1.82) is 0 Å². The molecule has 2 atom stereocenters. The predicted octanol–water partition coefficient (Wildman–Crippen LogP) is 1.31. The molecule has 4 nitrogen and oxygen atoms in total. The maximum Gasteiger partial charge on any atom is 0.174 e. The fraction of sp³-hybridized carbons (Fsp3) is 0.364. The summed E-state index contributed by atoms with van der Waals surface area (Å²) < 4.78 is 24.3. The van der Waals surface area contributed by atoms with E-state index in [-0.39, 0.29) is 23.6 Å². The molecule has 0 spiro atoms. The third kappa shape index (κ3) is 1.94. The van der Waals surface area contributed by atoms with E-state index in [2.05, 4.69) is 21.2 Å². The Morgan fingerprint density at radius 1 is 1.33 bits per heavy atom. The van der Waals surface area contributed by atoms with Gasteiger partial charge >= 0.3 is 0 Å². The first-order valence-electron chi connectivity index (χ1n) is 5.53. The number of para-hydroxylation sites is 1. The number of nitrogens with zero attached hydrogens (tertiary/aromatic N) is 1. The first-order chi connectivity index (χ1) is 8.48. The van der Waals surface area contributed by atoms with E-state index in [4.69, 9.17) is 12.2 Å². The molecule has 0 saturated carbocycles. The largest absolute Gasteiger partial charge is 0.356 e. The van der Waals surface area contributed by atoms with Crippen molar-refractivity contribution in [2.24, 2.45) is 0 Å². The van der Waals surface area contributed by atoms with E-state index in [9.17, 15) is 8.42 Å². The molecule has 1 aromatic rings. The lowest BCUT2D eigenvalue weighted by molar-refractivity contribution is 0.600. The van der Waals surface area contributed by atoms with Crippen LogP contribution in [0.3, 0.4) is 0 Å². The lowest BCUT2D eigenvalue weighted by Gasteiger charge is -2.24. The number of thiocarbonyl (C=S) groups is 1. The Morgan fingerprint density at radius 3 is 2.78 bits per heavy atom. The van der Waals surface area contributed by atoms with Gasteiger partial charge in [-0.1, -0.05) is 12.1 Å². The lowest BCUT2D eigenvalue weighted by Crippen LogP contribution is -2.37. The molecule has 2 aliphatic rings. The van der Waals surface area contributed by atoms with E-state index >= 15 is 0 Å². The zero-order chi connectivity index (χ0) is 12.9. The van der Waals surface area contributed by atoms with Crippen LogP contribution in [-0.2, 0) is 9.84 Å². The summed E-state index contributed by atoms with van der Waals surface area (Å²) in [6.45, 7) is 0. The highest BCUT2D eigenvalue weighted by atomic mass is 79.9. The lowest BCUT2D eigenvalue weighted by atomic mass is 10.1. The predicted molar refractivity (Wildman–Crippen MR) is 78.6 cm³/mol. The van der Waals surface area contributed by atoms with Gasteiger partial charge in [0.25, 0.3) is 0 Å². The molecule has 2 aliphatic heterocycles. The minimum Gasteiger partial charge on any atom is -0.356 e. The SMILES string of the molecule is O=S1(=O)CC2NC(=S)N(c3ccccc3Br)C2C1. The summed E-state index contributed by atoms with van der Waals surface area (Å²) in [5, 5.41) is 3.71. The number of sulfone groups is 1. The van der Waals surface area contributed by atoms with Gasteiger partial charge in [0, 0.05) is 4.47 Å². The fourth-order valence-corrected chi connectivity index (χ4v) is 5.29. The minimum atomic E-state index is -2.96. The topological polar surface area (TPSA) is 49.4 Å². The Hall–Kier alpha value is -0.660. The molecule has 96 valence electrons. The molecule has 0 aromatic heterocycles. The Kier molecular flexibility index (Phi) is 2.87. The molecular formula is C11H11BrN2O2S2. The Bertz CT molecular complexity index is 617. The van der Waals surface area contributed by atoms with Crippen molar-refractivity contribution in [3.8, 4) is 0 Å². The highest BCUT2D eigenvalue weighted by molar-refractivity contribution is 9.10. The molecular weight excluding hydrogens is 336 g/mol. The Balaban J connectivity index is 2.02. The molecule has 3 rings (SSSR count). The molecule has 18 heavy (non-hydrogen) atoms. The number of rotatable bonds is 1. The Labute approximate surface area is 119 Å². The summed E-state index contributed by atoms with van der Waals surface area (Å²) in [7, 11) is -2.96. The van der Waals surface area contributed by atoms with Crippen LogP contribution in [0.2, 0.25) is 0 Å². The van der Waals surface area contributed by atoms with E-state index < -0.39 is 9.84 Å². The zero-order valence-electron chi connectivity index (χ0n) is 9.34. The first kappa shape index (κ1) is 12.4. The molecule has 1 N–H and O–H groups in total. The van der Waals surface area contributed by atoms with E-state index in [0.717, 1.165) is 10.2 Å². The van der Waals surface area contributed by atoms with Crippen LogP contribution in [0.4, 0.5) is 5.69 Å². The number of hydrogen-bond acceptors (Lipinski definition) is 3. The van der Waals surface area contributed by atoms with Crippen molar-refractivity contribution in [1.82, 2.24) is 5.32 Å². The number of anilines is 1. The quantitative estimate of drug-likeness (QED) is 0.777. The van der Waals surface area contributed by atoms with E-state index in [1.807, 2.05) is 29.2 Å². The normalized spacial score (nSPS) is 29.2. The molecule has 0 bridgehead atoms. The standard InChI is InChI=1S/C11H11BrN2O2S2/c12-7-3-1-2-4-9(7)14-10-6-18(15,16)5-8(10)13-11(14)17/h1-4,8,10H,5-6H2,(H,13,17). The summed E-state index contributed by atoms with van der Waals surface area (Å²) >= 11 is 8.79. The summed E-state index contributed by atoms with van der Waals surface area (Å²) in [4.78, 5) is 1.91. The van der Waals surface area contributed by atoms with E-state index in [1.165, 1.54) is 0 Å². The van der Waals surface area contributed by atoms with Gasteiger partial charge in [0.05, 0.1) is 29.3 Å². The average Bonchev–Trinajstić information content (AvgIpc) is 2.70. The summed E-state index contributed by atoms with van der Waals surface area (Å²) in [5.74, 6) is 0.324. The average molecular weight is 347 g/mol. The monoisotopic (exact) mass is 346 g/mol. The highest BCUT2D eigenvalue weighted by Crippen LogP contribution is 2.33. The molecule has 2 fully saturated rings. The maximum absolute atomic E-state index is 11.7. The Morgan fingerprint density at radius 2 is 2.06 bits per heavy atom. The van der Waals surface area contributed by atoms with Crippen molar-refractivity contribution < 1.29 is 8.42 Å². The molecule has 2 heterocycles.